The average Bonchev–Trinajstić information content (AvgIpc) is 2.13. The van der Waals surface area contributed by atoms with Gasteiger partial charge in [0.05, 0.1) is 5.69 Å². The molecular weight excluding hydrogens is 196 g/mol. The van der Waals surface area contributed by atoms with Crippen LogP contribution in [0.2, 0.25) is 0 Å². The Morgan fingerprint density at radius 3 is 2.20 bits per heavy atom. The van der Waals surface area contributed by atoms with Gasteiger partial charge in [0, 0.05) is 12.1 Å². The van der Waals surface area contributed by atoms with Crippen LogP contribution >= 0.6 is 0 Å². The second-order valence-electron chi connectivity index (χ2n) is 4.26. The van der Waals surface area contributed by atoms with Gasteiger partial charge in [-0.15, -0.1) is 0 Å². The van der Waals surface area contributed by atoms with Crippen LogP contribution in [0.3, 0.4) is 0 Å². The van der Waals surface area contributed by atoms with E-state index >= 15 is 0 Å². The Morgan fingerprint density at radius 1 is 1.07 bits per heavy atom. The Bertz CT molecular complexity index is 348. The number of nitrogens with one attached hydrogen (secondary N) is 1. The first kappa shape index (κ1) is 12.0. The lowest BCUT2D eigenvalue weighted by molar-refractivity contribution is 0.548. The molecule has 1 nitrogen and oxygen atoms in total. The molecule has 0 aliphatic rings. The molecule has 1 atom stereocenters. The van der Waals surface area contributed by atoms with Crippen molar-refractivity contribution in [2.24, 2.45) is 5.92 Å². The zero-order valence-electron chi connectivity index (χ0n) is 9.57. The first-order valence-corrected chi connectivity index (χ1v) is 5.14. The summed E-state index contributed by atoms with van der Waals surface area (Å²) in [6, 6.07) is 2.54. The summed E-state index contributed by atoms with van der Waals surface area (Å²) < 4.78 is 26.6. The molecule has 3 heteroatoms. The van der Waals surface area contributed by atoms with E-state index in [4.69, 9.17) is 0 Å². The van der Waals surface area contributed by atoms with Gasteiger partial charge in [0.2, 0.25) is 0 Å². The van der Waals surface area contributed by atoms with Gasteiger partial charge in [0.1, 0.15) is 11.6 Å². The van der Waals surface area contributed by atoms with Crippen molar-refractivity contribution in [1.29, 1.82) is 0 Å². The van der Waals surface area contributed by atoms with Gasteiger partial charge in [0.15, 0.2) is 0 Å². The second kappa shape index (κ2) is 4.60. The number of hydrogen-bond acceptors (Lipinski definition) is 1. The molecule has 0 radical (unpaired) electrons. The fourth-order valence-electron chi connectivity index (χ4n) is 1.17. The normalized spacial score (nSPS) is 13.0. The molecular formula is C12H17F2N. The quantitative estimate of drug-likeness (QED) is 0.806. The maximum Gasteiger partial charge on any atom is 0.146 e. The number of hydrogen-bond donors (Lipinski definition) is 1. The van der Waals surface area contributed by atoms with Crippen molar-refractivity contribution in [1.82, 2.24) is 0 Å². The molecule has 0 heterocycles. The molecule has 15 heavy (non-hydrogen) atoms. The van der Waals surface area contributed by atoms with Crippen LogP contribution in [-0.2, 0) is 0 Å². The summed E-state index contributed by atoms with van der Waals surface area (Å²) in [5, 5.41) is 2.96. The Balaban J connectivity index is 2.91. The summed E-state index contributed by atoms with van der Waals surface area (Å²) in [4.78, 5) is 0. The highest BCUT2D eigenvalue weighted by Gasteiger charge is 2.11. The van der Waals surface area contributed by atoms with E-state index < -0.39 is 5.82 Å². The SMILES string of the molecule is Cc1cc(F)c(N[C@@H](C)C(C)C)cc1F. The van der Waals surface area contributed by atoms with Crippen LogP contribution in [0.4, 0.5) is 14.5 Å². The fourth-order valence-corrected chi connectivity index (χ4v) is 1.17. The van der Waals surface area contributed by atoms with Gasteiger partial charge >= 0.3 is 0 Å². The molecule has 0 fully saturated rings. The van der Waals surface area contributed by atoms with Crippen LogP contribution in [0.25, 0.3) is 0 Å². The smallest absolute Gasteiger partial charge is 0.146 e. The Kier molecular flexibility index (Phi) is 3.66. The third-order valence-corrected chi connectivity index (χ3v) is 2.63. The molecule has 0 bridgehead atoms. The van der Waals surface area contributed by atoms with Gasteiger partial charge < -0.3 is 5.32 Å². The summed E-state index contributed by atoms with van der Waals surface area (Å²) in [5.74, 6) is -0.412. The zero-order valence-corrected chi connectivity index (χ0v) is 9.57. The summed E-state index contributed by atoms with van der Waals surface area (Å²) >= 11 is 0. The minimum absolute atomic E-state index is 0.113. The number of halogens is 2. The summed E-state index contributed by atoms with van der Waals surface area (Å²) in [5.41, 5.74) is 0.564. The van der Waals surface area contributed by atoms with Gasteiger partial charge in [-0.3, -0.25) is 0 Å². The largest absolute Gasteiger partial charge is 0.380 e. The first-order valence-electron chi connectivity index (χ1n) is 5.14. The number of rotatable bonds is 3. The van der Waals surface area contributed by atoms with Gasteiger partial charge in [0.25, 0.3) is 0 Å². The predicted octanol–water partition coefficient (Wildman–Crippen LogP) is 3.73. The lowest BCUT2D eigenvalue weighted by atomic mass is 10.1. The second-order valence-corrected chi connectivity index (χ2v) is 4.26. The maximum atomic E-state index is 13.4. The molecule has 0 saturated carbocycles. The molecule has 0 aliphatic heterocycles. The molecule has 1 aromatic rings. The lowest BCUT2D eigenvalue weighted by Crippen LogP contribution is -2.22. The van der Waals surface area contributed by atoms with Crippen molar-refractivity contribution >= 4 is 5.69 Å². The molecule has 0 spiro atoms. The van der Waals surface area contributed by atoms with E-state index in [2.05, 4.69) is 5.32 Å². The molecule has 0 unspecified atom stereocenters. The molecule has 1 N–H and O–H groups in total. The number of anilines is 1. The molecule has 0 aliphatic carbocycles. The van der Waals surface area contributed by atoms with Gasteiger partial charge in [-0.2, -0.15) is 0 Å². The monoisotopic (exact) mass is 213 g/mol. The topological polar surface area (TPSA) is 12.0 Å². The van der Waals surface area contributed by atoms with E-state index in [-0.39, 0.29) is 17.5 Å². The minimum atomic E-state index is -0.401. The van der Waals surface area contributed by atoms with Crippen LogP contribution in [0.15, 0.2) is 12.1 Å². The fraction of sp³-hybridized carbons (Fsp3) is 0.500. The van der Waals surface area contributed by atoms with Crippen molar-refractivity contribution in [3.05, 3.63) is 29.3 Å². The van der Waals surface area contributed by atoms with Crippen LogP contribution in [0.1, 0.15) is 26.3 Å². The van der Waals surface area contributed by atoms with Crippen molar-refractivity contribution in [3.63, 3.8) is 0 Å². The average molecular weight is 213 g/mol. The van der Waals surface area contributed by atoms with E-state index in [9.17, 15) is 8.78 Å². The molecule has 0 aromatic heterocycles. The molecule has 0 amide bonds. The van der Waals surface area contributed by atoms with E-state index in [0.29, 0.717) is 11.5 Å². The summed E-state index contributed by atoms with van der Waals surface area (Å²) in [6.07, 6.45) is 0. The highest BCUT2D eigenvalue weighted by Crippen LogP contribution is 2.20. The van der Waals surface area contributed by atoms with Crippen molar-refractivity contribution in [2.45, 2.75) is 33.7 Å². The van der Waals surface area contributed by atoms with Crippen molar-refractivity contribution < 1.29 is 8.78 Å². The van der Waals surface area contributed by atoms with E-state index in [1.165, 1.54) is 12.1 Å². The first-order chi connectivity index (χ1) is 6.91. The number of aryl methyl sites for hydroxylation is 1. The van der Waals surface area contributed by atoms with E-state index in [1.54, 1.807) is 6.92 Å². The van der Waals surface area contributed by atoms with Gasteiger partial charge in [-0.25, -0.2) is 8.78 Å². The third kappa shape index (κ3) is 2.91. The third-order valence-electron chi connectivity index (χ3n) is 2.63. The molecule has 0 saturated heterocycles. The minimum Gasteiger partial charge on any atom is -0.380 e. The van der Waals surface area contributed by atoms with E-state index in [1.807, 2.05) is 20.8 Å². The summed E-state index contributed by atoms with van der Waals surface area (Å²) in [6.45, 7) is 7.55. The van der Waals surface area contributed by atoms with Crippen molar-refractivity contribution in [3.8, 4) is 0 Å². The zero-order chi connectivity index (χ0) is 11.6. The van der Waals surface area contributed by atoms with Crippen LogP contribution in [0.5, 0.6) is 0 Å². The summed E-state index contributed by atoms with van der Waals surface area (Å²) in [7, 11) is 0. The van der Waals surface area contributed by atoms with Gasteiger partial charge in [-0.05, 0) is 31.4 Å². The van der Waals surface area contributed by atoms with E-state index in [0.717, 1.165) is 0 Å². The molecule has 1 aromatic carbocycles. The Labute approximate surface area is 89.5 Å². The maximum absolute atomic E-state index is 13.4. The predicted molar refractivity (Wildman–Crippen MR) is 59.0 cm³/mol. The molecule has 84 valence electrons. The highest BCUT2D eigenvalue weighted by atomic mass is 19.1. The van der Waals surface area contributed by atoms with Crippen LogP contribution in [0, 0.1) is 24.5 Å². The Hall–Kier alpha value is -1.12. The standard InChI is InChI=1S/C12H17F2N/c1-7(2)9(4)15-12-6-10(13)8(3)5-11(12)14/h5-7,9,15H,1-4H3/t9-/m0/s1. The highest BCUT2D eigenvalue weighted by molar-refractivity contribution is 5.47. The number of benzene rings is 1. The lowest BCUT2D eigenvalue weighted by Gasteiger charge is -2.19. The van der Waals surface area contributed by atoms with Crippen LogP contribution in [-0.4, -0.2) is 6.04 Å². The van der Waals surface area contributed by atoms with Gasteiger partial charge in [-0.1, -0.05) is 13.8 Å². The Morgan fingerprint density at radius 2 is 1.67 bits per heavy atom. The van der Waals surface area contributed by atoms with Crippen LogP contribution < -0.4 is 5.32 Å². The molecule has 1 rings (SSSR count). The van der Waals surface area contributed by atoms with Crippen molar-refractivity contribution in [2.75, 3.05) is 5.32 Å².